The quantitative estimate of drug-likeness (QED) is 0.0233. The summed E-state index contributed by atoms with van der Waals surface area (Å²) in [5.74, 6) is -2.03. The summed E-state index contributed by atoms with van der Waals surface area (Å²) in [7, 11) is 2.64. The summed E-state index contributed by atoms with van der Waals surface area (Å²) in [6.45, 7) is 50.9. The van der Waals surface area contributed by atoms with E-state index in [4.69, 9.17) is 46.9 Å². The van der Waals surface area contributed by atoms with Crippen LogP contribution in [0.5, 0.6) is 23.0 Å². The van der Waals surface area contributed by atoms with E-state index in [0.717, 1.165) is 50.0 Å². The van der Waals surface area contributed by atoms with Crippen molar-refractivity contribution in [2.45, 2.75) is 88.0 Å². The summed E-state index contributed by atoms with van der Waals surface area (Å²) < 4.78 is 46.4. The van der Waals surface area contributed by atoms with Gasteiger partial charge in [-0.25, -0.2) is 47.9 Å². The number of methoxy groups -OCH3 is 2. The van der Waals surface area contributed by atoms with E-state index in [0.29, 0.717) is 87.3 Å². The molecule has 0 saturated carbocycles. The molecule has 0 aromatic heterocycles. The minimum Gasteiger partial charge on any atom is -0.466 e. The Labute approximate surface area is 570 Å². The lowest BCUT2D eigenvalue weighted by Crippen LogP contribution is -2.08. The molecule has 4 aromatic rings. The predicted molar refractivity (Wildman–Crippen MR) is 372 cm³/mol. The molecule has 22 heteroatoms. The van der Waals surface area contributed by atoms with E-state index in [9.17, 15) is 47.9 Å². The van der Waals surface area contributed by atoms with Crippen LogP contribution in [0.1, 0.15) is 88.0 Å². The van der Waals surface area contributed by atoms with Gasteiger partial charge in [-0.1, -0.05) is 176 Å². The van der Waals surface area contributed by atoms with Gasteiger partial charge in [0.15, 0.2) is 0 Å². The summed E-state index contributed by atoms with van der Waals surface area (Å²) in [4.78, 5) is 105. The first kappa shape index (κ1) is 95.7. The number of hydrogen-bond acceptors (Lipinski definition) is 20. The molecule has 0 amide bonds. The summed E-state index contributed by atoms with van der Waals surface area (Å²) in [5, 5.41) is 0.824. The van der Waals surface area contributed by atoms with E-state index < -0.39 is 23.9 Å². The van der Waals surface area contributed by atoms with E-state index in [1.165, 1.54) is 20.3 Å². The number of ether oxygens (including phenoxy) is 10. The molecular weight excluding hydrogens is 1270 g/mol. The zero-order valence-electron chi connectivity index (χ0n) is 56.4. The number of carbonyl (C=O) groups excluding carboxylic acids is 10. The molecule has 0 spiro atoms. The van der Waals surface area contributed by atoms with Gasteiger partial charge < -0.3 is 47.4 Å². The predicted octanol–water partition coefficient (Wildman–Crippen LogP) is 15.6. The Morgan fingerprint density at radius 3 is 0.958 bits per heavy atom. The van der Waals surface area contributed by atoms with E-state index in [1.807, 2.05) is 19.1 Å². The number of unbranched alkanes of at least 4 members (excludes halogenated alkanes) is 2. The van der Waals surface area contributed by atoms with Gasteiger partial charge in [-0.2, -0.15) is 0 Å². The second-order valence-corrected chi connectivity index (χ2v) is 18.3. The fourth-order valence-electron chi connectivity index (χ4n) is 4.24. The van der Waals surface area contributed by atoms with Crippen molar-refractivity contribution in [3.8, 4) is 23.0 Å². The number of benzene rings is 4. The minimum atomic E-state index is -0.511. The number of esters is 10. The lowest BCUT2D eigenvalue weighted by molar-refractivity contribution is -0.139. The van der Waals surface area contributed by atoms with Crippen LogP contribution in [-0.2, 0) is 76.4 Å². The van der Waals surface area contributed by atoms with E-state index >= 15 is 0 Å². The molecule has 518 valence electrons. The summed E-state index contributed by atoms with van der Waals surface area (Å²) >= 11 is 11.5. The third-order valence-corrected chi connectivity index (χ3v) is 9.62. The smallest absolute Gasteiger partial charge is 0.338 e. The van der Waals surface area contributed by atoms with Gasteiger partial charge >= 0.3 is 59.7 Å². The van der Waals surface area contributed by atoms with Crippen LogP contribution in [0.4, 0.5) is 0 Å². The molecule has 0 atom stereocenters. The molecule has 0 aliphatic rings. The highest BCUT2D eigenvalue weighted by Gasteiger charge is 2.08. The van der Waals surface area contributed by atoms with Crippen molar-refractivity contribution >= 4 is 82.9 Å². The van der Waals surface area contributed by atoms with Crippen molar-refractivity contribution in [1.82, 2.24) is 0 Å². The van der Waals surface area contributed by atoms with E-state index in [-0.39, 0.29) is 35.8 Å². The first-order chi connectivity index (χ1) is 44.8. The highest BCUT2D eigenvalue weighted by atomic mass is 35.5. The number of carbonyl (C=O) groups is 10. The first-order valence-electron chi connectivity index (χ1n) is 28.6. The third kappa shape index (κ3) is 63.5. The Morgan fingerprint density at radius 1 is 0.347 bits per heavy atom. The fraction of sp³-hybridized carbons (Fsp3) is 0.260. The number of para-hydroxylation sites is 4. The molecule has 0 radical (unpaired) electrons. The van der Waals surface area contributed by atoms with Gasteiger partial charge in [-0.15, -0.1) is 0 Å². The molecule has 0 heterocycles. The Morgan fingerprint density at radius 2 is 0.663 bits per heavy atom. The molecule has 0 N–H and O–H groups in total. The van der Waals surface area contributed by atoms with Crippen LogP contribution in [0.2, 0.25) is 10.0 Å². The van der Waals surface area contributed by atoms with Gasteiger partial charge in [0.05, 0.1) is 50.7 Å². The maximum Gasteiger partial charge on any atom is 0.338 e. The molecule has 20 nitrogen and oxygen atoms in total. The monoisotopic (exact) mass is 1360 g/mol. The molecule has 4 rings (SSSR count). The van der Waals surface area contributed by atoms with Crippen LogP contribution in [0, 0.1) is 0 Å². The van der Waals surface area contributed by atoms with Crippen LogP contribution in [0.3, 0.4) is 0 Å². The van der Waals surface area contributed by atoms with Gasteiger partial charge in [-0.3, -0.25) is 0 Å². The standard InChI is InChI=1S/C10H9ClO2.C10H10O2.C9H7ClO2.C9H8O2.C8H14O2.C7H12O2.C6H10O2.2C5H8O2.C4H6O2/c1-7(2)10(12)13-9-6-4-3-5-8(9)11;1-8(2)10(11)12-9-6-4-3-5-7-9;1-2-9(11)12-8-6-4-3-5-7(8)10;1-2-9(10)11-8-6-4-3-5-7-8;1-4-5-6-10-8(9)7(2)3;1-3-5-6-9-7(8)4-2;1-4-8-6(7)5(2)3;1-4(2)5(6)7-3;1-3-5(6)7-4-2;1-3-4(5)6-2/h3-6H,1H2,2H3;3-7H,1H2,2H3;2-6H,1H2;2-7H,1H2;2,4-6H2,1,3H3;4H,2-3,5-6H2,1H3;2,4H2,1,3H3;1H2,2-3H3;3H,1,4H2,2H3;3H,1H2,2H3. The highest BCUT2D eigenvalue weighted by molar-refractivity contribution is 6.32. The Kier molecular flexibility index (Phi) is 65.5. The van der Waals surface area contributed by atoms with Crippen molar-refractivity contribution in [2.75, 3.05) is 40.6 Å². The molecule has 0 saturated heterocycles. The first-order valence-corrected chi connectivity index (χ1v) is 29.3. The van der Waals surface area contributed by atoms with Crippen molar-refractivity contribution in [2.24, 2.45) is 0 Å². The van der Waals surface area contributed by atoms with Gasteiger partial charge in [0.2, 0.25) is 0 Å². The van der Waals surface area contributed by atoms with Gasteiger partial charge in [-0.05, 0) is 110 Å². The SMILES string of the molecule is C=C(C)C(=O)OC.C=C(C)C(=O)OCC.C=C(C)C(=O)OCCCC.C=C(C)C(=O)Oc1ccccc1.C=C(C)C(=O)Oc1ccccc1Cl.C=CC(=O)OC.C=CC(=O)OCC.C=CC(=O)OCCCC.C=CC(=O)Oc1ccccc1.C=CC(=O)Oc1ccccc1Cl. The molecule has 0 fully saturated rings. The molecule has 4 aromatic carbocycles. The second kappa shape index (κ2) is 65.1. The average Bonchev–Trinajstić information content (AvgIpc) is 1.71. The zero-order valence-corrected chi connectivity index (χ0v) is 57.9. The van der Waals surface area contributed by atoms with Gasteiger partial charge in [0.1, 0.15) is 23.0 Å². The van der Waals surface area contributed by atoms with Gasteiger partial charge in [0, 0.05) is 58.2 Å². The molecule has 0 aliphatic heterocycles. The number of hydrogen-bond donors (Lipinski definition) is 0. The van der Waals surface area contributed by atoms with Crippen molar-refractivity contribution in [3.05, 3.63) is 243 Å². The summed E-state index contributed by atoms with van der Waals surface area (Å²) in [5.41, 5.74) is 2.10. The molecule has 0 aliphatic carbocycles. The van der Waals surface area contributed by atoms with Crippen LogP contribution in [0.15, 0.2) is 233 Å². The second-order valence-electron chi connectivity index (χ2n) is 17.5. The van der Waals surface area contributed by atoms with Crippen molar-refractivity contribution < 1.29 is 95.3 Å². The Bertz CT molecular complexity index is 3050. The largest absolute Gasteiger partial charge is 0.466 e. The molecule has 0 unspecified atom stereocenters. The molecule has 0 bridgehead atoms. The van der Waals surface area contributed by atoms with E-state index in [1.54, 1.807) is 146 Å². The topological polar surface area (TPSA) is 263 Å². The normalized spacial score (nSPS) is 8.60. The van der Waals surface area contributed by atoms with Crippen molar-refractivity contribution in [1.29, 1.82) is 0 Å². The molecule has 95 heavy (non-hydrogen) atoms. The third-order valence-electron chi connectivity index (χ3n) is 9.00. The molecular formula is C73H92Cl2O20. The summed E-state index contributed by atoms with van der Waals surface area (Å²) in [6.07, 6.45) is 9.60. The van der Waals surface area contributed by atoms with E-state index in [2.05, 4.69) is 96.4 Å². The summed E-state index contributed by atoms with van der Waals surface area (Å²) in [6, 6.07) is 31.3. The zero-order chi connectivity index (χ0) is 74.1. The minimum absolute atomic E-state index is 0.284. The number of rotatable bonds is 22. The Hall–Kier alpha value is -10.4. The maximum atomic E-state index is 11.1. The highest BCUT2D eigenvalue weighted by Crippen LogP contribution is 2.24. The average molecular weight is 1360 g/mol. The van der Waals surface area contributed by atoms with Crippen LogP contribution in [-0.4, -0.2) is 100 Å². The van der Waals surface area contributed by atoms with Crippen LogP contribution >= 0.6 is 23.2 Å². The van der Waals surface area contributed by atoms with Crippen LogP contribution in [0.25, 0.3) is 0 Å². The van der Waals surface area contributed by atoms with Crippen LogP contribution < -0.4 is 18.9 Å². The lowest BCUT2D eigenvalue weighted by Gasteiger charge is -2.04. The van der Waals surface area contributed by atoms with Gasteiger partial charge in [0.25, 0.3) is 0 Å². The fourth-order valence-corrected chi connectivity index (χ4v) is 4.59. The lowest BCUT2D eigenvalue weighted by atomic mass is 10.3. The Balaban J connectivity index is -0.000000234. The van der Waals surface area contributed by atoms with Crippen molar-refractivity contribution in [3.63, 3.8) is 0 Å². The maximum absolute atomic E-state index is 11.1. The number of halogens is 2.